The van der Waals surface area contributed by atoms with E-state index < -0.39 is 5.92 Å². The van der Waals surface area contributed by atoms with Crippen LogP contribution >= 0.6 is 0 Å². The van der Waals surface area contributed by atoms with Crippen molar-refractivity contribution in [3.05, 3.63) is 71.8 Å². The van der Waals surface area contributed by atoms with E-state index in [0.29, 0.717) is 5.71 Å². The Hall–Kier alpha value is -2.95. The van der Waals surface area contributed by atoms with Crippen molar-refractivity contribution in [2.24, 2.45) is 5.10 Å². The Labute approximate surface area is 160 Å². The Morgan fingerprint density at radius 3 is 1.85 bits per heavy atom. The minimum atomic E-state index is -0.465. The van der Waals surface area contributed by atoms with Crippen LogP contribution in [0.2, 0.25) is 0 Å². The molecule has 2 amide bonds. The van der Waals surface area contributed by atoms with Gasteiger partial charge < -0.3 is 5.32 Å². The van der Waals surface area contributed by atoms with Gasteiger partial charge in [-0.1, -0.05) is 60.7 Å². The average molecular weight is 365 g/mol. The molecule has 0 aromatic heterocycles. The summed E-state index contributed by atoms with van der Waals surface area (Å²) in [6, 6.07) is 19.1. The lowest BCUT2D eigenvalue weighted by molar-refractivity contribution is -0.122. The lowest BCUT2D eigenvalue weighted by atomic mass is 9.91. The maximum atomic E-state index is 12.8. The van der Waals surface area contributed by atoms with E-state index in [-0.39, 0.29) is 23.8 Å². The molecule has 0 unspecified atom stereocenters. The molecule has 2 rings (SSSR count). The van der Waals surface area contributed by atoms with E-state index in [1.54, 1.807) is 6.92 Å². The molecular formula is C22H27N3O2. The van der Waals surface area contributed by atoms with Crippen LogP contribution in [-0.2, 0) is 9.59 Å². The van der Waals surface area contributed by atoms with Crippen molar-refractivity contribution in [1.82, 2.24) is 10.7 Å². The predicted octanol–water partition coefficient (Wildman–Crippen LogP) is 3.62. The molecule has 2 aromatic carbocycles. The van der Waals surface area contributed by atoms with Gasteiger partial charge in [0.25, 0.3) is 5.91 Å². The molecule has 0 fully saturated rings. The quantitative estimate of drug-likeness (QED) is 0.606. The fourth-order valence-electron chi connectivity index (χ4n) is 2.74. The molecule has 0 saturated heterocycles. The van der Waals surface area contributed by atoms with Crippen molar-refractivity contribution in [3.63, 3.8) is 0 Å². The van der Waals surface area contributed by atoms with Crippen molar-refractivity contribution in [2.45, 2.75) is 45.6 Å². The van der Waals surface area contributed by atoms with Crippen molar-refractivity contribution in [2.75, 3.05) is 0 Å². The summed E-state index contributed by atoms with van der Waals surface area (Å²) in [5.74, 6) is -0.823. The number of carbonyl (C=O) groups excluding carboxylic acids is 2. The summed E-state index contributed by atoms with van der Waals surface area (Å²) in [7, 11) is 0. The first-order valence-corrected chi connectivity index (χ1v) is 9.00. The van der Waals surface area contributed by atoms with Crippen LogP contribution in [-0.4, -0.2) is 23.1 Å². The number of nitrogens with one attached hydrogen (secondary N) is 2. The van der Waals surface area contributed by atoms with E-state index in [2.05, 4.69) is 15.8 Å². The molecule has 0 aliphatic rings. The monoisotopic (exact) mass is 365 g/mol. The van der Waals surface area contributed by atoms with E-state index in [9.17, 15) is 9.59 Å². The fraction of sp³-hybridized carbons (Fsp3) is 0.318. The number of nitrogens with zero attached hydrogens (tertiary/aromatic N) is 1. The second-order valence-electron chi connectivity index (χ2n) is 7.55. The van der Waals surface area contributed by atoms with Crippen molar-refractivity contribution >= 4 is 17.5 Å². The fourth-order valence-corrected chi connectivity index (χ4v) is 2.74. The highest BCUT2D eigenvalue weighted by molar-refractivity contribution is 6.00. The molecule has 0 radical (unpaired) electrons. The second-order valence-corrected chi connectivity index (χ2v) is 7.55. The highest BCUT2D eigenvalue weighted by atomic mass is 16.2. The summed E-state index contributed by atoms with van der Waals surface area (Å²) in [4.78, 5) is 24.8. The minimum Gasteiger partial charge on any atom is -0.351 e. The molecule has 0 aliphatic carbocycles. The Kier molecular flexibility index (Phi) is 6.88. The molecule has 2 aromatic rings. The van der Waals surface area contributed by atoms with Gasteiger partial charge in [0, 0.05) is 11.3 Å². The Bertz CT molecular complexity index is 754. The van der Waals surface area contributed by atoms with Gasteiger partial charge in [-0.3, -0.25) is 9.59 Å². The standard InChI is InChI=1S/C22H27N3O2/c1-16(15-19(26)23-22(2,3)4)24-25-21(27)20(17-11-7-5-8-12-17)18-13-9-6-10-14-18/h5-14,20H,15H2,1-4H3,(H,23,26)(H,25,27)/b24-16+. The summed E-state index contributed by atoms with van der Waals surface area (Å²) < 4.78 is 0. The molecule has 0 atom stereocenters. The summed E-state index contributed by atoms with van der Waals surface area (Å²) in [6.45, 7) is 7.49. The zero-order valence-electron chi connectivity index (χ0n) is 16.3. The lowest BCUT2D eigenvalue weighted by Crippen LogP contribution is -2.41. The third kappa shape index (κ3) is 6.70. The van der Waals surface area contributed by atoms with E-state index in [4.69, 9.17) is 0 Å². The van der Waals surface area contributed by atoms with E-state index >= 15 is 0 Å². The van der Waals surface area contributed by atoms with Gasteiger partial charge in [-0.15, -0.1) is 0 Å². The SMILES string of the molecule is C/C(CC(=O)NC(C)(C)C)=N\NC(=O)C(c1ccccc1)c1ccccc1. The van der Waals surface area contributed by atoms with Gasteiger partial charge in [-0.05, 0) is 38.8 Å². The summed E-state index contributed by atoms with van der Waals surface area (Å²) in [5.41, 5.74) is 4.64. The van der Waals surface area contributed by atoms with Gasteiger partial charge in [-0.25, -0.2) is 5.43 Å². The maximum absolute atomic E-state index is 12.8. The highest BCUT2D eigenvalue weighted by Crippen LogP contribution is 2.24. The smallest absolute Gasteiger partial charge is 0.252 e. The minimum absolute atomic E-state index is 0.124. The number of amides is 2. The molecule has 0 bridgehead atoms. The zero-order chi connectivity index (χ0) is 19.9. The van der Waals surface area contributed by atoms with Gasteiger partial charge >= 0.3 is 0 Å². The normalized spacial score (nSPS) is 12.0. The molecule has 0 aliphatic heterocycles. The van der Waals surface area contributed by atoms with Crippen LogP contribution in [0.4, 0.5) is 0 Å². The van der Waals surface area contributed by atoms with Gasteiger partial charge in [0.05, 0.1) is 12.3 Å². The molecule has 27 heavy (non-hydrogen) atoms. The number of hydrogen-bond acceptors (Lipinski definition) is 3. The molecule has 5 nitrogen and oxygen atoms in total. The summed E-state index contributed by atoms with van der Waals surface area (Å²) in [5, 5.41) is 7.00. The van der Waals surface area contributed by atoms with E-state index in [1.807, 2.05) is 81.4 Å². The number of carbonyl (C=O) groups is 2. The van der Waals surface area contributed by atoms with Crippen LogP contribution in [0.1, 0.15) is 51.2 Å². The molecule has 5 heteroatoms. The molecule has 2 N–H and O–H groups in total. The zero-order valence-corrected chi connectivity index (χ0v) is 16.3. The first-order chi connectivity index (χ1) is 12.8. The summed E-state index contributed by atoms with van der Waals surface area (Å²) in [6.07, 6.45) is 0.138. The van der Waals surface area contributed by atoms with Crippen LogP contribution in [0.3, 0.4) is 0 Å². The Morgan fingerprint density at radius 2 is 1.41 bits per heavy atom. The van der Waals surface area contributed by atoms with Crippen molar-refractivity contribution in [3.8, 4) is 0 Å². The Morgan fingerprint density at radius 1 is 0.926 bits per heavy atom. The van der Waals surface area contributed by atoms with Crippen LogP contribution in [0.15, 0.2) is 65.8 Å². The predicted molar refractivity (Wildman–Crippen MR) is 108 cm³/mol. The van der Waals surface area contributed by atoms with Crippen LogP contribution in [0, 0.1) is 0 Å². The largest absolute Gasteiger partial charge is 0.351 e. The topological polar surface area (TPSA) is 70.6 Å². The highest BCUT2D eigenvalue weighted by Gasteiger charge is 2.22. The Balaban J connectivity index is 2.11. The summed E-state index contributed by atoms with van der Waals surface area (Å²) >= 11 is 0. The van der Waals surface area contributed by atoms with Gasteiger partial charge in [0.2, 0.25) is 5.91 Å². The van der Waals surface area contributed by atoms with Crippen LogP contribution in [0.25, 0.3) is 0 Å². The van der Waals surface area contributed by atoms with E-state index in [0.717, 1.165) is 11.1 Å². The van der Waals surface area contributed by atoms with Gasteiger partial charge in [0.1, 0.15) is 0 Å². The number of hydrazone groups is 1. The number of hydrogen-bond donors (Lipinski definition) is 2. The first-order valence-electron chi connectivity index (χ1n) is 9.00. The third-order valence-electron chi connectivity index (χ3n) is 3.82. The molecule has 142 valence electrons. The van der Waals surface area contributed by atoms with Crippen LogP contribution in [0.5, 0.6) is 0 Å². The van der Waals surface area contributed by atoms with E-state index in [1.165, 1.54) is 0 Å². The van der Waals surface area contributed by atoms with Crippen LogP contribution < -0.4 is 10.7 Å². The second kappa shape index (κ2) is 9.12. The van der Waals surface area contributed by atoms with Crippen molar-refractivity contribution in [1.29, 1.82) is 0 Å². The molecule has 0 spiro atoms. The van der Waals surface area contributed by atoms with Gasteiger partial charge in [-0.2, -0.15) is 5.10 Å². The third-order valence-corrected chi connectivity index (χ3v) is 3.82. The molecule has 0 heterocycles. The lowest BCUT2D eigenvalue weighted by Gasteiger charge is -2.20. The molecular weight excluding hydrogens is 338 g/mol. The number of benzene rings is 2. The van der Waals surface area contributed by atoms with Gasteiger partial charge in [0.15, 0.2) is 0 Å². The maximum Gasteiger partial charge on any atom is 0.252 e. The number of rotatable bonds is 6. The molecule has 0 saturated carbocycles. The average Bonchev–Trinajstić information content (AvgIpc) is 2.60. The van der Waals surface area contributed by atoms with Crippen molar-refractivity contribution < 1.29 is 9.59 Å². The first kappa shape index (κ1) is 20.4.